The normalized spacial score (nSPS) is 10.5. The molecule has 21 heavy (non-hydrogen) atoms. The van der Waals surface area contributed by atoms with Crippen molar-refractivity contribution in [2.24, 2.45) is 0 Å². The first-order valence-electron chi connectivity index (χ1n) is 6.26. The monoisotopic (exact) mass is 293 g/mol. The van der Waals surface area contributed by atoms with E-state index in [4.69, 9.17) is 9.15 Å². The van der Waals surface area contributed by atoms with Crippen molar-refractivity contribution in [3.63, 3.8) is 0 Å². The number of aromatic nitrogens is 1. The van der Waals surface area contributed by atoms with E-state index in [-0.39, 0.29) is 18.0 Å². The van der Waals surface area contributed by atoms with E-state index in [0.29, 0.717) is 24.6 Å². The molecule has 0 saturated heterocycles. The lowest BCUT2D eigenvalue weighted by atomic mass is 10.3. The molecule has 0 aromatic carbocycles. The van der Waals surface area contributed by atoms with Crippen LogP contribution in [0.2, 0.25) is 0 Å². The third-order valence-electron chi connectivity index (χ3n) is 2.81. The summed E-state index contributed by atoms with van der Waals surface area (Å²) < 4.78 is 11.5. The van der Waals surface area contributed by atoms with Crippen LogP contribution in [0.3, 0.4) is 0 Å². The first kappa shape index (κ1) is 14.8. The van der Waals surface area contributed by atoms with Crippen LogP contribution in [0.4, 0.5) is 11.6 Å². The third kappa shape index (κ3) is 3.93. The second-order valence-electron chi connectivity index (χ2n) is 4.29. The molecule has 0 aliphatic heterocycles. The number of nitro groups is 1. The molecule has 2 rings (SSSR count). The van der Waals surface area contributed by atoms with E-state index in [1.54, 1.807) is 19.4 Å². The maximum absolute atomic E-state index is 11.6. The zero-order valence-corrected chi connectivity index (χ0v) is 11.4. The van der Waals surface area contributed by atoms with Crippen molar-refractivity contribution in [3.8, 4) is 0 Å². The fourth-order valence-electron chi connectivity index (χ4n) is 1.75. The molecule has 8 heteroatoms. The van der Waals surface area contributed by atoms with Crippen LogP contribution in [0, 0.1) is 10.1 Å². The molecule has 0 unspecified atom stereocenters. The minimum absolute atomic E-state index is 0.119. The van der Waals surface area contributed by atoms with E-state index < -0.39 is 4.92 Å². The van der Waals surface area contributed by atoms with Gasteiger partial charge < -0.3 is 19.0 Å². The van der Waals surface area contributed by atoms with Crippen LogP contribution in [0.1, 0.15) is 5.76 Å². The van der Waals surface area contributed by atoms with Gasteiger partial charge in [-0.25, -0.2) is 0 Å². The molecule has 2 aromatic heterocycles. The van der Waals surface area contributed by atoms with Crippen LogP contribution < -0.4 is 10.9 Å². The molecule has 0 atom stereocenters. The number of methoxy groups -OCH3 is 1. The molecule has 0 aliphatic rings. The minimum atomic E-state index is -0.589. The lowest BCUT2D eigenvalue weighted by molar-refractivity contribution is -0.402. The van der Waals surface area contributed by atoms with Crippen LogP contribution in [0.5, 0.6) is 0 Å². The summed E-state index contributed by atoms with van der Waals surface area (Å²) >= 11 is 0. The van der Waals surface area contributed by atoms with Crippen LogP contribution in [0.15, 0.2) is 39.7 Å². The topological polar surface area (TPSA) is 99.5 Å². The summed E-state index contributed by atoms with van der Waals surface area (Å²) in [4.78, 5) is 21.5. The second-order valence-corrected chi connectivity index (χ2v) is 4.29. The van der Waals surface area contributed by atoms with Gasteiger partial charge in [0.2, 0.25) is 0 Å². The Hall–Kier alpha value is -2.61. The van der Waals surface area contributed by atoms with E-state index in [2.05, 4.69) is 5.32 Å². The lowest BCUT2D eigenvalue weighted by Gasteiger charge is -2.08. The lowest BCUT2D eigenvalue weighted by Crippen LogP contribution is -2.21. The van der Waals surface area contributed by atoms with Gasteiger partial charge in [-0.2, -0.15) is 0 Å². The van der Waals surface area contributed by atoms with Gasteiger partial charge in [-0.15, -0.1) is 0 Å². The summed E-state index contributed by atoms with van der Waals surface area (Å²) in [5.41, 5.74) is 0.594. The van der Waals surface area contributed by atoms with Crippen molar-refractivity contribution in [2.45, 2.75) is 13.1 Å². The molecule has 0 radical (unpaired) electrons. The highest BCUT2D eigenvalue weighted by atomic mass is 16.6. The number of hydrogen-bond donors (Lipinski definition) is 1. The summed E-state index contributed by atoms with van der Waals surface area (Å²) in [7, 11) is 1.57. The maximum Gasteiger partial charge on any atom is 0.433 e. The van der Waals surface area contributed by atoms with Gasteiger partial charge in [0.15, 0.2) is 0 Å². The van der Waals surface area contributed by atoms with E-state index in [1.165, 1.54) is 22.8 Å². The zero-order valence-electron chi connectivity index (χ0n) is 11.4. The van der Waals surface area contributed by atoms with Crippen molar-refractivity contribution < 1.29 is 14.1 Å². The first-order chi connectivity index (χ1) is 10.1. The van der Waals surface area contributed by atoms with E-state index in [1.807, 2.05) is 0 Å². The molecular formula is C13H15N3O5. The molecule has 2 heterocycles. The molecule has 8 nitrogen and oxygen atoms in total. The molecule has 2 aromatic rings. The smallest absolute Gasteiger partial charge is 0.404 e. The van der Waals surface area contributed by atoms with Crippen LogP contribution >= 0.6 is 0 Å². The largest absolute Gasteiger partial charge is 0.433 e. The number of pyridine rings is 1. The van der Waals surface area contributed by atoms with Crippen molar-refractivity contribution in [1.29, 1.82) is 0 Å². The van der Waals surface area contributed by atoms with Crippen LogP contribution in [-0.4, -0.2) is 23.2 Å². The standard InChI is InChI=1S/C13H15N3O5/c1-20-7-6-15-9-10(2-4-12(15)17)14-8-11-3-5-13(21-11)16(18)19/h2-5,9,14H,6-8H2,1H3. The Morgan fingerprint density at radius 2 is 2.19 bits per heavy atom. The van der Waals surface area contributed by atoms with Gasteiger partial charge in [-0.3, -0.25) is 14.9 Å². The summed E-state index contributed by atoms with van der Waals surface area (Å²) in [5.74, 6) is 0.146. The summed E-state index contributed by atoms with van der Waals surface area (Å²) in [6.45, 7) is 1.18. The van der Waals surface area contributed by atoms with Crippen LogP contribution in [0.25, 0.3) is 0 Å². The molecule has 0 fully saturated rings. The predicted molar refractivity (Wildman–Crippen MR) is 75.3 cm³/mol. The highest BCUT2D eigenvalue weighted by Gasteiger charge is 2.11. The molecule has 0 aliphatic carbocycles. The van der Waals surface area contributed by atoms with Gasteiger partial charge in [-0.1, -0.05) is 0 Å². The molecule has 0 bridgehead atoms. The number of nitrogens with zero attached hydrogens (tertiary/aromatic N) is 2. The van der Waals surface area contributed by atoms with Gasteiger partial charge in [0, 0.05) is 25.9 Å². The Morgan fingerprint density at radius 1 is 1.38 bits per heavy atom. The minimum Gasteiger partial charge on any atom is -0.404 e. The van der Waals surface area contributed by atoms with Crippen molar-refractivity contribution in [2.75, 3.05) is 19.0 Å². The molecular weight excluding hydrogens is 278 g/mol. The average molecular weight is 293 g/mol. The van der Waals surface area contributed by atoms with E-state index >= 15 is 0 Å². The molecule has 1 N–H and O–H groups in total. The quantitative estimate of drug-likeness (QED) is 0.615. The van der Waals surface area contributed by atoms with Gasteiger partial charge in [0.05, 0.1) is 24.9 Å². The Labute approximate surface area is 120 Å². The Morgan fingerprint density at radius 3 is 2.86 bits per heavy atom. The number of furan rings is 1. The number of ether oxygens (including phenoxy) is 1. The molecule has 0 amide bonds. The number of rotatable bonds is 7. The first-order valence-corrected chi connectivity index (χ1v) is 6.26. The number of anilines is 1. The average Bonchev–Trinajstić information content (AvgIpc) is 2.94. The van der Waals surface area contributed by atoms with Crippen LogP contribution in [-0.2, 0) is 17.8 Å². The number of hydrogen-bond acceptors (Lipinski definition) is 6. The van der Waals surface area contributed by atoms with Gasteiger partial charge >= 0.3 is 5.88 Å². The second kappa shape index (κ2) is 6.71. The SMILES string of the molecule is COCCn1cc(NCc2ccc([N+](=O)[O-])o2)ccc1=O. The number of nitrogens with one attached hydrogen (secondary N) is 1. The third-order valence-corrected chi connectivity index (χ3v) is 2.81. The molecule has 0 saturated carbocycles. The summed E-state index contributed by atoms with van der Waals surface area (Å²) in [5, 5.41) is 13.6. The highest BCUT2D eigenvalue weighted by Crippen LogP contribution is 2.16. The Kier molecular flexibility index (Phi) is 4.72. The zero-order chi connectivity index (χ0) is 15.2. The van der Waals surface area contributed by atoms with E-state index in [0.717, 1.165) is 0 Å². The predicted octanol–water partition coefficient (Wildman–Crippen LogP) is 1.61. The van der Waals surface area contributed by atoms with E-state index in [9.17, 15) is 14.9 Å². The highest BCUT2D eigenvalue weighted by molar-refractivity contribution is 5.40. The Balaban J connectivity index is 2.02. The van der Waals surface area contributed by atoms with Gasteiger partial charge in [-0.05, 0) is 12.1 Å². The fourth-order valence-corrected chi connectivity index (χ4v) is 1.75. The maximum atomic E-state index is 11.6. The van der Waals surface area contributed by atoms with Gasteiger partial charge in [0.25, 0.3) is 5.56 Å². The van der Waals surface area contributed by atoms with Gasteiger partial charge in [0.1, 0.15) is 10.7 Å². The van der Waals surface area contributed by atoms with Crippen molar-refractivity contribution in [1.82, 2.24) is 4.57 Å². The Bertz CT molecular complexity index is 676. The van der Waals surface area contributed by atoms with Crippen molar-refractivity contribution in [3.05, 3.63) is 56.7 Å². The molecule has 0 spiro atoms. The van der Waals surface area contributed by atoms with Crippen molar-refractivity contribution >= 4 is 11.6 Å². The molecule has 112 valence electrons. The summed E-state index contributed by atoms with van der Waals surface area (Å²) in [6.07, 6.45) is 1.67. The summed E-state index contributed by atoms with van der Waals surface area (Å²) in [6, 6.07) is 5.92. The fraction of sp³-hybridized carbons (Fsp3) is 0.308.